The first kappa shape index (κ1) is 21.4. The Morgan fingerprint density at radius 3 is 1.61 bits per heavy atom. The van der Waals surface area contributed by atoms with Gasteiger partial charge in [0.05, 0.1) is 11.0 Å². The second-order valence-electron chi connectivity index (χ2n) is 13.0. The standard InChI is InChI=1S/C50H30O/c1-3-12-36-31(10-1)24-27-40-37(18-9-19-39(36)40)33-20-22-34(23-21-33)48-41-14-5-7-16-43(41)49(44-17-8-6-15-42(44)48)35-26-29-47-46(30-35)45-28-25-32-11-2-4-13-38(32)50(45)51-47/h1-30H/i5D,6D,7D,8D,14D,15D,16D,17D. The van der Waals surface area contributed by atoms with E-state index in [2.05, 4.69) is 36.4 Å². The highest BCUT2D eigenvalue weighted by molar-refractivity contribution is 6.23. The summed E-state index contributed by atoms with van der Waals surface area (Å²) in [7, 11) is 0. The predicted molar refractivity (Wildman–Crippen MR) is 218 cm³/mol. The summed E-state index contributed by atoms with van der Waals surface area (Å²) in [6.07, 6.45) is 0. The predicted octanol–water partition coefficient (Wildman–Crippen LogP) is 14.4. The zero-order valence-electron chi connectivity index (χ0n) is 35.1. The van der Waals surface area contributed by atoms with E-state index in [9.17, 15) is 5.48 Å². The summed E-state index contributed by atoms with van der Waals surface area (Å²) >= 11 is 0. The molecule has 0 saturated carbocycles. The molecule has 0 N–H and O–H groups in total. The normalized spacial score (nSPS) is 14.1. The molecule has 0 bridgehead atoms. The van der Waals surface area contributed by atoms with Crippen LogP contribution in [0, 0.1) is 0 Å². The fourth-order valence-electron chi connectivity index (χ4n) is 7.97. The maximum atomic E-state index is 9.40. The Hall–Kier alpha value is -6.70. The van der Waals surface area contributed by atoms with Gasteiger partial charge in [0, 0.05) is 16.2 Å². The Bertz CT molecular complexity index is 3560. The Morgan fingerprint density at radius 1 is 0.353 bits per heavy atom. The van der Waals surface area contributed by atoms with E-state index in [0.717, 1.165) is 54.2 Å². The van der Waals surface area contributed by atoms with Gasteiger partial charge in [-0.05, 0) is 100 Å². The van der Waals surface area contributed by atoms with Crippen LogP contribution >= 0.6 is 0 Å². The van der Waals surface area contributed by atoms with Gasteiger partial charge in [0.1, 0.15) is 11.2 Å². The Kier molecular flexibility index (Phi) is 4.57. The van der Waals surface area contributed by atoms with Crippen molar-refractivity contribution in [3.8, 4) is 33.4 Å². The summed E-state index contributed by atoms with van der Waals surface area (Å²) in [5, 5.41) is 8.81. The average molecular weight is 655 g/mol. The summed E-state index contributed by atoms with van der Waals surface area (Å²) in [6.45, 7) is 0. The van der Waals surface area contributed by atoms with Gasteiger partial charge in [0.15, 0.2) is 0 Å². The van der Waals surface area contributed by atoms with E-state index >= 15 is 0 Å². The molecule has 1 heteroatoms. The highest BCUT2D eigenvalue weighted by Gasteiger charge is 2.18. The highest BCUT2D eigenvalue weighted by atomic mass is 16.3. The third kappa shape index (κ3) is 4.22. The third-order valence-electron chi connectivity index (χ3n) is 10.3. The van der Waals surface area contributed by atoms with Gasteiger partial charge in [-0.1, -0.05) is 164 Å². The minimum Gasteiger partial charge on any atom is -0.455 e. The summed E-state index contributed by atoms with van der Waals surface area (Å²) in [5.41, 5.74) is 4.98. The van der Waals surface area contributed by atoms with Gasteiger partial charge >= 0.3 is 0 Å². The molecule has 0 fully saturated rings. The molecule has 11 rings (SSSR count). The van der Waals surface area contributed by atoms with Crippen molar-refractivity contribution in [1.82, 2.24) is 0 Å². The minimum atomic E-state index is -0.435. The minimum absolute atomic E-state index is 0.172. The van der Waals surface area contributed by atoms with Gasteiger partial charge in [0.2, 0.25) is 0 Å². The Morgan fingerprint density at radius 2 is 0.902 bits per heavy atom. The number of benzene rings is 10. The summed E-state index contributed by atoms with van der Waals surface area (Å²) < 4.78 is 79.4. The van der Waals surface area contributed by atoms with Crippen molar-refractivity contribution in [1.29, 1.82) is 0 Å². The first-order valence-electron chi connectivity index (χ1n) is 20.9. The van der Waals surface area contributed by atoms with Gasteiger partial charge < -0.3 is 4.42 Å². The van der Waals surface area contributed by atoms with Crippen LogP contribution in [-0.2, 0) is 0 Å². The third-order valence-corrected chi connectivity index (χ3v) is 10.3. The number of furan rings is 1. The molecule has 236 valence electrons. The van der Waals surface area contributed by atoms with Crippen LogP contribution in [0.25, 0.3) is 109 Å². The van der Waals surface area contributed by atoms with Crippen molar-refractivity contribution < 1.29 is 15.4 Å². The first-order valence-corrected chi connectivity index (χ1v) is 16.9. The molecule has 1 aromatic heterocycles. The van der Waals surface area contributed by atoms with E-state index in [1.807, 2.05) is 91.0 Å². The maximum absolute atomic E-state index is 9.40. The molecule has 0 spiro atoms. The zero-order chi connectivity index (χ0) is 40.4. The molecule has 0 saturated heterocycles. The molecule has 0 amide bonds. The lowest BCUT2D eigenvalue weighted by Gasteiger charge is -2.18. The number of fused-ring (bicyclic) bond motifs is 10. The highest BCUT2D eigenvalue weighted by Crippen LogP contribution is 2.45. The van der Waals surface area contributed by atoms with Gasteiger partial charge in [-0.25, -0.2) is 0 Å². The maximum Gasteiger partial charge on any atom is 0.143 e. The molecule has 0 aliphatic heterocycles. The summed E-state index contributed by atoms with van der Waals surface area (Å²) in [4.78, 5) is 0. The van der Waals surface area contributed by atoms with Crippen molar-refractivity contribution in [2.45, 2.75) is 0 Å². The van der Waals surface area contributed by atoms with E-state index in [0.29, 0.717) is 33.4 Å². The number of hydrogen-bond donors (Lipinski definition) is 0. The lowest BCUT2D eigenvalue weighted by molar-refractivity contribution is 0.672. The van der Waals surface area contributed by atoms with Gasteiger partial charge in [-0.15, -0.1) is 0 Å². The molecular formula is C50H30O. The van der Waals surface area contributed by atoms with Gasteiger partial charge in [-0.2, -0.15) is 0 Å². The Balaban J connectivity index is 1.22. The largest absolute Gasteiger partial charge is 0.455 e. The van der Waals surface area contributed by atoms with Gasteiger partial charge in [0.25, 0.3) is 0 Å². The molecular weight excluding hydrogens is 617 g/mol. The average Bonchev–Trinajstić information content (AvgIpc) is 3.66. The van der Waals surface area contributed by atoms with Crippen LogP contribution in [0.3, 0.4) is 0 Å². The topological polar surface area (TPSA) is 13.1 Å². The Labute approximate surface area is 305 Å². The van der Waals surface area contributed by atoms with E-state index in [4.69, 9.17) is 9.90 Å². The smallest absolute Gasteiger partial charge is 0.143 e. The van der Waals surface area contributed by atoms with E-state index in [1.54, 1.807) is 6.07 Å². The van der Waals surface area contributed by atoms with Crippen molar-refractivity contribution in [2.24, 2.45) is 0 Å². The fraction of sp³-hybridized carbons (Fsp3) is 0. The van der Waals surface area contributed by atoms with Crippen LogP contribution < -0.4 is 0 Å². The lowest BCUT2D eigenvalue weighted by atomic mass is 9.85. The SMILES string of the molecule is [2H]c1c([2H])c([2H])c2c(-c3ccc4oc5c6ccccc6ccc5c4c3)c3c([2H])c([2H])c([2H])c([2H])c3c(-c3ccc(-c4cccc5c4ccc4ccccc45)cc3)c2c1[2H]. The zero-order valence-corrected chi connectivity index (χ0v) is 27.1. The fourth-order valence-corrected chi connectivity index (χ4v) is 7.97. The molecule has 0 aliphatic rings. The second kappa shape index (κ2) is 10.9. The summed E-state index contributed by atoms with van der Waals surface area (Å²) in [5.74, 6) is 0. The lowest BCUT2D eigenvalue weighted by Crippen LogP contribution is -1.91. The molecule has 0 atom stereocenters. The van der Waals surface area contributed by atoms with E-state index in [1.165, 1.54) is 0 Å². The molecule has 1 nitrogen and oxygen atoms in total. The van der Waals surface area contributed by atoms with Crippen LogP contribution in [-0.4, -0.2) is 0 Å². The van der Waals surface area contributed by atoms with Crippen molar-refractivity contribution in [3.05, 3.63) is 182 Å². The van der Waals surface area contributed by atoms with Crippen molar-refractivity contribution in [3.63, 3.8) is 0 Å². The number of rotatable bonds is 3. The van der Waals surface area contributed by atoms with Crippen LogP contribution in [0.1, 0.15) is 11.0 Å². The quantitative estimate of drug-likeness (QED) is 0.136. The molecule has 51 heavy (non-hydrogen) atoms. The molecule has 1 heterocycles. The van der Waals surface area contributed by atoms with Crippen LogP contribution in [0.15, 0.2) is 186 Å². The van der Waals surface area contributed by atoms with Crippen molar-refractivity contribution in [2.75, 3.05) is 0 Å². The van der Waals surface area contributed by atoms with Crippen LogP contribution in [0.5, 0.6) is 0 Å². The molecule has 11 aromatic rings. The van der Waals surface area contributed by atoms with E-state index < -0.39 is 24.2 Å². The molecule has 0 aliphatic carbocycles. The molecule has 0 radical (unpaired) electrons. The monoisotopic (exact) mass is 654 g/mol. The van der Waals surface area contributed by atoms with Crippen LogP contribution in [0.2, 0.25) is 0 Å². The van der Waals surface area contributed by atoms with Crippen molar-refractivity contribution >= 4 is 75.8 Å². The summed E-state index contributed by atoms with van der Waals surface area (Å²) in [6, 6.07) is 41.0. The number of hydrogen-bond acceptors (Lipinski definition) is 1. The van der Waals surface area contributed by atoms with E-state index in [-0.39, 0.29) is 45.7 Å². The molecule has 10 aromatic carbocycles. The first-order chi connectivity index (χ1) is 28.6. The second-order valence-corrected chi connectivity index (χ2v) is 13.0. The molecule has 0 unspecified atom stereocenters. The van der Waals surface area contributed by atoms with Crippen LogP contribution in [0.4, 0.5) is 0 Å². The van der Waals surface area contributed by atoms with Gasteiger partial charge in [-0.3, -0.25) is 0 Å².